The molecule has 164 valence electrons. The first-order valence-corrected chi connectivity index (χ1v) is 11.5. The van der Waals surface area contributed by atoms with E-state index in [4.69, 9.17) is 9.47 Å². The van der Waals surface area contributed by atoms with Gasteiger partial charge in [-0.05, 0) is 29.7 Å². The Labute approximate surface area is 186 Å². The Kier molecular flexibility index (Phi) is 9.36. The van der Waals surface area contributed by atoms with Gasteiger partial charge < -0.3 is 9.47 Å². The molecule has 0 unspecified atom stereocenters. The number of hydrogen-bond donors (Lipinski definition) is 0. The van der Waals surface area contributed by atoms with Crippen LogP contribution < -0.4 is 9.47 Å². The minimum Gasteiger partial charge on any atom is -0.494 e. The van der Waals surface area contributed by atoms with Crippen molar-refractivity contribution in [3.05, 3.63) is 60.9 Å². The summed E-state index contributed by atoms with van der Waals surface area (Å²) in [5.74, 6) is 2.29. The van der Waals surface area contributed by atoms with E-state index in [1.165, 1.54) is 50.5 Å². The topological polar surface area (TPSA) is 44.2 Å². The first-order valence-electron chi connectivity index (χ1n) is 11.5. The second kappa shape index (κ2) is 12.7. The van der Waals surface area contributed by atoms with E-state index in [1.807, 2.05) is 12.1 Å². The highest BCUT2D eigenvalue weighted by molar-refractivity contribution is 5.68. The van der Waals surface area contributed by atoms with Crippen LogP contribution in [0.25, 0.3) is 22.5 Å². The average Bonchev–Trinajstić information content (AvgIpc) is 2.83. The summed E-state index contributed by atoms with van der Waals surface area (Å²) in [4.78, 5) is 8.69. The molecule has 0 amide bonds. The first kappa shape index (κ1) is 22.8. The molecule has 3 rings (SSSR count). The zero-order valence-corrected chi connectivity index (χ0v) is 18.8. The standard InChI is InChI=1S/C27H34N2O2/c1-3-4-5-6-7-8-9-10-19-31-25-17-15-23(16-18-25)22-11-13-24(14-12-22)27-28-20-26(30-2)21-29-27/h11-18,20-21H,3-10,19H2,1-2H3. The lowest BCUT2D eigenvalue weighted by Crippen LogP contribution is -1.97. The zero-order valence-electron chi connectivity index (χ0n) is 18.8. The van der Waals surface area contributed by atoms with Crippen molar-refractivity contribution in [3.8, 4) is 34.0 Å². The van der Waals surface area contributed by atoms with Gasteiger partial charge in [-0.3, -0.25) is 0 Å². The highest BCUT2D eigenvalue weighted by Crippen LogP contribution is 2.25. The lowest BCUT2D eigenvalue weighted by molar-refractivity contribution is 0.304. The molecule has 0 aliphatic heterocycles. The molecule has 0 saturated carbocycles. The molecule has 0 spiro atoms. The van der Waals surface area contributed by atoms with Gasteiger partial charge in [-0.2, -0.15) is 0 Å². The van der Waals surface area contributed by atoms with Crippen molar-refractivity contribution in [3.63, 3.8) is 0 Å². The highest BCUT2D eigenvalue weighted by atomic mass is 16.5. The van der Waals surface area contributed by atoms with Gasteiger partial charge in [0, 0.05) is 5.56 Å². The van der Waals surface area contributed by atoms with Crippen molar-refractivity contribution in [1.29, 1.82) is 0 Å². The second-order valence-corrected chi connectivity index (χ2v) is 7.87. The Morgan fingerprint density at radius 2 is 1.13 bits per heavy atom. The molecular weight excluding hydrogens is 384 g/mol. The Bertz CT molecular complexity index is 875. The van der Waals surface area contributed by atoms with E-state index < -0.39 is 0 Å². The first-order chi connectivity index (χ1) is 15.3. The van der Waals surface area contributed by atoms with Crippen LogP contribution in [0.3, 0.4) is 0 Å². The van der Waals surface area contributed by atoms with Gasteiger partial charge in [0.15, 0.2) is 11.6 Å². The Hall–Kier alpha value is -2.88. The van der Waals surface area contributed by atoms with Gasteiger partial charge in [0.2, 0.25) is 0 Å². The number of benzene rings is 2. The Morgan fingerprint density at radius 1 is 0.613 bits per heavy atom. The van der Waals surface area contributed by atoms with Crippen LogP contribution in [-0.4, -0.2) is 23.7 Å². The van der Waals surface area contributed by atoms with E-state index in [-0.39, 0.29) is 0 Å². The summed E-state index contributed by atoms with van der Waals surface area (Å²) in [5.41, 5.74) is 3.31. The molecular formula is C27H34N2O2. The number of rotatable bonds is 13. The summed E-state index contributed by atoms with van der Waals surface area (Å²) in [6.45, 7) is 3.06. The second-order valence-electron chi connectivity index (χ2n) is 7.87. The fraction of sp³-hybridized carbons (Fsp3) is 0.407. The van der Waals surface area contributed by atoms with Crippen molar-refractivity contribution in [2.75, 3.05) is 13.7 Å². The molecule has 4 nitrogen and oxygen atoms in total. The van der Waals surface area contributed by atoms with E-state index >= 15 is 0 Å². The summed E-state index contributed by atoms with van der Waals surface area (Å²) in [5, 5.41) is 0. The van der Waals surface area contributed by atoms with Gasteiger partial charge in [-0.25, -0.2) is 9.97 Å². The van der Waals surface area contributed by atoms with E-state index in [0.29, 0.717) is 11.6 Å². The van der Waals surface area contributed by atoms with Crippen LogP contribution >= 0.6 is 0 Å². The summed E-state index contributed by atoms with van der Waals surface area (Å²) in [7, 11) is 1.61. The van der Waals surface area contributed by atoms with Gasteiger partial charge in [0.25, 0.3) is 0 Å². The monoisotopic (exact) mass is 418 g/mol. The SMILES string of the molecule is CCCCCCCCCCOc1ccc(-c2ccc(-c3ncc(OC)cn3)cc2)cc1. The van der Waals surface area contributed by atoms with Crippen LogP contribution in [-0.2, 0) is 0 Å². The summed E-state index contributed by atoms with van der Waals surface area (Å²) >= 11 is 0. The Morgan fingerprint density at radius 3 is 1.71 bits per heavy atom. The predicted molar refractivity (Wildman–Crippen MR) is 128 cm³/mol. The van der Waals surface area contributed by atoms with E-state index in [9.17, 15) is 0 Å². The third-order valence-corrected chi connectivity index (χ3v) is 5.46. The molecule has 1 aromatic heterocycles. The number of aromatic nitrogens is 2. The maximum absolute atomic E-state index is 5.91. The molecule has 0 fully saturated rings. The number of nitrogens with zero attached hydrogens (tertiary/aromatic N) is 2. The summed E-state index contributed by atoms with van der Waals surface area (Å²) < 4.78 is 11.0. The van der Waals surface area contributed by atoms with Crippen molar-refractivity contribution >= 4 is 0 Å². The maximum Gasteiger partial charge on any atom is 0.159 e. The molecule has 1 heterocycles. The molecule has 0 aliphatic rings. The molecule has 0 radical (unpaired) electrons. The van der Waals surface area contributed by atoms with Gasteiger partial charge in [-0.1, -0.05) is 88.3 Å². The number of unbranched alkanes of at least 4 members (excludes halogenated alkanes) is 7. The smallest absolute Gasteiger partial charge is 0.159 e. The van der Waals surface area contributed by atoms with Crippen LogP contribution in [0, 0.1) is 0 Å². The van der Waals surface area contributed by atoms with Crippen LogP contribution in [0.5, 0.6) is 11.5 Å². The van der Waals surface area contributed by atoms with Crippen molar-refractivity contribution in [2.45, 2.75) is 58.3 Å². The van der Waals surface area contributed by atoms with Crippen molar-refractivity contribution in [1.82, 2.24) is 9.97 Å². The van der Waals surface area contributed by atoms with Crippen LogP contribution in [0.15, 0.2) is 60.9 Å². The lowest BCUT2D eigenvalue weighted by Gasteiger charge is -2.08. The van der Waals surface area contributed by atoms with Gasteiger partial charge >= 0.3 is 0 Å². The van der Waals surface area contributed by atoms with Gasteiger partial charge in [0.05, 0.1) is 26.1 Å². The largest absolute Gasteiger partial charge is 0.494 e. The van der Waals surface area contributed by atoms with Crippen molar-refractivity contribution in [2.24, 2.45) is 0 Å². The molecule has 3 aromatic rings. The fourth-order valence-corrected chi connectivity index (χ4v) is 3.55. The van der Waals surface area contributed by atoms with Gasteiger partial charge in [0.1, 0.15) is 5.75 Å². The average molecular weight is 419 g/mol. The quantitative estimate of drug-likeness (QED) is 0.272. The number of ether oxygens (including phenoxy) is 2. The molecule has 0 saturated heterocycles. The summed E-state index contributed by atoms with van der Waals surface area (Å²) in [6, 6.07) is 16.6. The molecule has 4 heteroatoms. The molecule has 0 N–H and O–H groups in total. The number of methoxy groups -OCH3 is 1. The fourth-order valence-electron chi connectivity index (χ4n) is 3.55. The molecule has 0 bridgehead atoms. The highest BCUT2D eigenvalue weighted by Gasteiger charge is 2.04. The van der Waals surface area contributed by atoms with E-state index in [2.05, 4.69) is 53.3 Å². The molecule has 0 aliphatic carbocycles. The maximum atomic E-state index is 5.91. The predicted octanol–water partition coefficient (Wildman–Crippen LogP) is 7.34. The van der Waals surface area contributed by atoms with Crippen molar-refractivity contribution < 1.29 is 9.47 Å². The minimum atomic E-state index is 0.657. The van der Waals surface area contributed by atoms with Crippen LogP contribution in [0.4, 0.5) is 0 Å². The van der Waals surface area contributed by atoms with Crippen LogP contribution in [0.2, 0.25) is 0 Å². The lowest BCUT2D eigenvalue weighted by atomic mass is 10.0. The number of hydrogen-bond acceptors (Lipinski definition) is 4. The third-order valence-electron chi connectivity index (χ3n) is 5.46. The molecule has 31 heavy (non-hydrogen) atoms. The zero-order chi connectivity index (χ0) is 21.7. The third kappa shape index (κ3) is 7.39. The molecule has 2 aromatic carbocycles. The molecule has 0 atom stereocenters. The minimum absolute atomic E-state index is 0.657. The van der Waals surface area contributed by atoms with E-state index in [1.54, 1.807) is 19.5 Å². The van der Waals surface area contributed by atoms with Gasteiger partial charge in [-0.15, -0.1) is 0 Å². The summed E-state index contributed by atoms with van der Waals surface area (Å²) in [6.07, 6.45) is 13.9. The normalized spacial score (nSPS) is 10.8. The van der Waals surface area contributed by atoms with E-state index in [0.717, 1.165) is 29.9 Å². The Balaban J connectivity index is 1.43. The van der Waals surface area contributed by atoms with Crippen LogP contribution in [0.1, 0.15) is 58.3 Å².